The van der Waals surface area contributed by atoms with E-state index >= 15 is 0 Å². The van der Waals surface area contributed by atoms with Crippen molar-refractivity contribution in [2.45, 2.75) is 61.0 Å². The smallest absolute Gasteiger partial charge is 0.347 e. The van der Waals surface area contributed by atoms with Gasteiger partial charge in [-0.05, 0) is 12.1 Å². The molecule has 0 bridgehead atoms. The number of esters is 2. The normalized spacial score (nSPS) is 32.7. The van der Waals surface area contributed by atoms with Gasteiger partial charge in [0.2, 0.25) is 11.5 Å². The Morgan fingerprint density at radius 2 is 0.957 bits per heavy atom. The molecule has 0 amide bonds. The highest BCUT2D eigenvalue weighted by Gasteiger charge is 2.48. The summed E-state index contributed by atoms with van der Waals surface area (Å²) in [6.07, 6.45) is -16.9. The summed E-state index contributed by atoms with van der Waals surface area (Å²) < 4.78 is 32.2. The number of phenolic OH excluding ortho intramolecular Hbond substituents is 2. The topological polar surface area (TPSA) is 292 Å². The fourth-order valence-corrected chi connectivity index (χ4v) is 5.68. The number of ether oxygens (including phenoxy) is 6. The van der Waals surface area contributed by atoms with Gasteiger partial charge < -0.3 is 79.5 Å². The van der Waals surface area contributed by atoms with Crippen LogP contribution in [0.4, 0.5) is 0 Å². The molecule has 10 N–H and O–H groups in total. The van der Waals surface area contributed by atoms with Gasteiger partial charge >= 0.3 is 11.9 Å². The van der Waals surface area contributed by atoms with Gasteiger partial charge in [0.05, 0.1) is 27.4 Å². The maximum absolute atomic E-state index is 13.5. The molecule has 2 aromatic carbocycles. The number of benzene rings is 2. The lowest BCUT2D eigenvalue weighted by molar-refractivity contribution is -0.232. The van der Waals surface area contributed by atoms with Gasteiger partial charge in [-0.2, -0.15) is 0 Å². The molecule has 2 aromatic rings. The van der Waals surface area contributed by atoms with Crippen LogP contribution in [0.25, 0.3) is 0 Å². The van der Waals surface area contributed by atoms with Gasteiger partial charge in [-0.3, -0.25) is 0 Å². The first-order valence-corrected chi connectivity index (χ1v) is 13.7. The number of phenols is 2. The Morgan fingerprint density at radius 3 is 1.26 bits per heavy atom. The molecule has 18 heteroatoms. The lowest BCUT2D eigenvalue weighted by atomic mass is 9.89. The maximum Gasteiger partial charge on any atom is 0.347 e. The molecule has 3 aliphatic heterocycles. The SMILES string of the molecule is COc1c([C@@H]2O[C@H](CO)[C@@H](O)[C@H](O)C2O)cc2c(c1O)OC(=O)c1cc([C@@H]3O[C@H](CO)[C@@H](O)[C@H](O)[C@H]3O)c(OC)c(O)c1OC2=O. The number of fused-ring (bicyclic) bond motifs is 2. The Labute approximate surface area is 258 Å². The fourth-order valence-electron chi connectivity index (χ4n) is 5.68. The Balaban J connectivity index is 1.62. The molecule has 18 nitrogen and oxygen atoms in total. The quantitative estimate of drug-likeness (QED) is 0.109. The van der Waals surface area contributed by atoms with Gasteiger partial charge in [-0.1, -0.05) is 0 Å². The Kier molecular flexibility index (Phi) is 9.30. The van der Waals surface area contributed by atoms with E-state index in [9.17, 15) is 60.7 Å². The highest BCUT2D eigenvalue weighted by Crippen LogP contribution is 2.51. The van der Waals surface area contributed by atoms with Crippen molar-refractivity contribution < 1.29 is 89.1 Å². The highest BCUT2D eigenvalue weighted by atomic mass is 16.6. The number of methoxy groups -OCH3 is 2. The van der Waals surface area contributed by atoms with Gasteiger partial charge in [0, 0.05) is 11.1 Å². The monoisotopic (exact) mass is 656 g/mol. The molecule has 1 unspecified atom stereocenters. The first kappa shape index (κ1) is 33.5. The molecule has 0 radical (unpaired) electrons. The molecule has 2 fully saturated rings. The van der Waals surface area contributed by atoms with Crippen LogP contribution in [0.3, 0.4) is 0 Å². The van der Waals surface area contributed by atoms with Gasteiger partial charge in [0.1, 0.15) is 72.2 Å². The molecule has 0 saturated carbocycles. The second kappa shape index (κ2) is 12.8. The van der Waals surface area contributed by atoms with Crippen LogP contribution in [-0.4, -0.2) is 139 Å². The zero-order valence-corrected chi connectivity index (χ0v) is 24.1. The summed E-state index contributed by atoms with van der Waals surface area (Å²) in [4.78, 5) is 27.0. The number of aromatic hydroxyl groups is 2. The zero-order valence-electron chi connectivity index (χ0n) is 24.1. The standard InChI is InChI=1S/C28H32O18/c1-41-21-7(23-17(35)15(33)13(31)11(5-29)43-23)3-9-25(19(21)37)45-28(40)10-4-8(22(42-2)20(38)26(10)46-27(9)39)24-18(36)16(34)14(32)12(6-30)44-24/h3-4,11-18,23-24,29-38H,5-6H2,1-2H3/t11-,12-,13-,14-,15+,16+,17-,18?,23+,24+/m1/s1. The lowest BCUT2D eigenvalue weighted by Gasteiger charge is -2.40. The van der Waals surface area contributed by atoms with E-state index in [1.54, 1.807) is 0 Å². The van der Waals surface area contributed by atoms with Crippen molar-refractivity contribution in [2.75, 3.05) is 27.4 Å². The second-order valence-electron chi connectivity index (χ2n) is 10.7. The number of carbonyl (C=O) groups excluding carboxylic acids is 2. The van der Waals surface area contributed by atoms with Gasteiger partial charge in [0.25, 0.3) is 0 Å². The third kappa shape index (κ3) is 5.27. The van der Waals surface area contributed by atoms with E-state index in [1.165, 1.54) is 0 Å². The van der Waals surface area contributed by atoms with Gasteiger partial charge in [0.15, 0.2) is 23.0 Å². The molecule has 5 rings (SSSR count). The van der Waals surface area contributed by atoms with E-state index in [0.717, 1.165) is 26.4 Å². The number of carbonyl (C=O) groups is 2. The molecule has 10 atom stereocenters. The first-order chi connectivity index (χ1) is 21.8. The third-order valence-electron chi connectivity index (χ3n) is 8.11. The van der Waals surface area contributed by atoms with Crippen molar-refractivity contribution in [3.8, 4) is 34.5 Å². The van der Waals surface area contributed by atoms with Crippen LogP contribution in [0, 0.1) is 0 Å². The van der Waals surface area contributed by atoms with Crippen molar-refractivity contribution >= 4 is 11.9 Å². The number of hydrogen-bond acceptors (Lipinski definition) is 18. The van der Waals surface area contributed by atoms with Gasteiger partial charge in [-0.25, -0.2) is 9.59 Å². The summed E-state index contributed by atoms with van der Waals surface area (Å²) in [6, 6.07) is 1.88. The minimum Gasteiger partial charge on any atom is -0.502 e. The summed E-state index contributed by atoms with van der Waals surface area (Å²) in [5.74, 6) is -7.20. The summed E-state index contributed by atoms with van der Waals surface area (Å²) in [5.41, 5.74) is -1.88. The van der Waals surface area contributed by atoms with Crippen LogP contribution in [-0.2, 0) is 9.47 Å². The molecule has 0 aliphatic carbocycles. The molecule has 252 valence electrons. The summed E-state index contributed by atoms with van der Waals surface area (Å²) in [5, 5.41) is 104. The summed E-state index contributed by atoms with van der Waals surface area (Å²) in [6.45, 7) is -1.58. The summed E-state index contributed by atoms with van der Waals surface area (Å²) >= 11 is 0. The average molecular weight is 657 g/mol. The van der Waals surface area contributed by atoms with Crippen LogP contribution < -0.4 is 18.9 Å². The van der Waals surface area contributed by atoms with Crippen molar-refractivity contribution in [1.29, 1.82) is 0 Å². The minimum atomic E-state index is -1.87. The second-order valence-corrected chi connectivity index (χ2v) is 10.7. The molecule has 2 saturated heterocycles. The average Bonchev–Trinajstić information content (AvgIpc) is 3.03. The van der Waals surface area contributed by atoms with E-state index in [0.29, 0.717) is 0 Å². The molecule has 3 aliphatic rings. The van der Waals surface area contributed by atoms with Crippen LogP contribution in [0.5, 0.6) is 34.5 Å². The van der Waals surface area contributed by atoms with Crippen molar-refractivity contribution in [1.82, 2.24) is 0 Å². The summed E-state index contributed by atoms with van der Waals surface area (Å²) in [7, 11) is 2.15. The Morgan fingerprint density at radius 1 is 0.609 bits per heavy atom. The largest absolute Gasteiger partial charge is 0.502 e. The molecule has 46 heavy (non-hydrogen) atoms. The molecular formula is C28H32O18. The number of aliphatic hydroxyl groups excluding tert-OH is 8. The van der Waals surface area contributed by atoms with Crippen molar-refractivity contribution in [3.05, 3.63) is 34.4 Å². The molecular weight excluding hydrogens is 624 g/mol. The van der Waals surface area contributed by atoms with E-state index in [1.807, 2.05) is 0 Å². The van der Waals surface area contributed by atoms with E-state index < -0.39 is 132 Å². The lowest BCUT2D eigenvalue weighted by Crippen LogP contribution is -2.55. The zero-order chi connectivity index (χ0) is 33.8. The van der Waals surface area contributed by atoms with Crippen molar-refractivity contribution in [3.63, 3.8) is 0 Å². The van der Waals surface area contributed by atoms with Gasteiger partial charge in [-0.15, -0.1) is 0 Å². The third-order valence-corrected chi connectivity index (χ3v) is 8.11. The maximum atomic E-state index is 13.5. The molecule has 0 aromatic heterocycles. The Bertz CT molecular complexity index is 1390. The fraction of sp³-hybridized carbons (Fsp3) is 0.500. The van der Waals surface area contributed by atoms with E-state index in [-0.39, 0.29) is 11.1 Å². The number of hydrogen-bond donors (Lipinski definition) is 10. The van der Waals surface area contributed by atoms with Crippen LogP contribution in [0.2, 0.25) is 0 Å². The minimum absolute atomic E-state index is 0.288. The van der Waals surface area contributed by atoms with Crippen molar-refractivity contribution in [2.24, 2.45) is 0 Å². The predicted octanol–water partition coefficient (Wildman–Crippen LogP) is -3.10. The molecule has 3 heterocycles. The highest BCUT2D eigenvalue weighted by molar-refractivity contribution is 6.04. The van der Waals surface area contributed by atoms with Crippen LogP contribution in [0.15, 0.2) is 12.1 Å². The van der Waals surface area contributed by atoms with E-state index in [4.69, 9.17) is 28.4 Å². The van der Waals surface area contributed by atoms with Crippen LogP contribution in [0.1, 0.15) is 44.1 Å². The van der Waals surface area contributed by atoms with Crippen LogP contribution >= 0.6 is 0 Å². The Hall–Kier alpha value is -3.82. The van der Waals surface area contributed by atoms with E-state index in [2.05, 4.69) is 0 Å². The number of aliphatic hydroxyl groups is 8. The predicted molar refractivity (Wildman–Crippen MR) is 145 cm³/mol. The molecule has 0 spiro atoms. The number of rotatable bonds is 6. The first-order valence-electron chi connectivity index (χ1n) is 13.7.